The van der Waals surface area contributed by atoms with Crippen molar-refractivity contribution in [1.29, 1.82) is 0 Å². The summed E-state index contributed by atoms with van der Waals surface area (Å²) >= 11 is 1.57. The lowest BCUT2D eigenvalue weighted by atomic mass is 10.1. The quantitative estimate of drug-likeness (QED) is 0.909. The lowest BCUT2D eigenvalue weighted by Gasteiger charge is -2.25. The Morgan fingerprint density at radius 2 is 2.25 bits per heavy atom. The molecule has 0 radical (unpaired) electrons. The van der Waals surface area contributed by atoms with Gasteiger partial charge in [0.05, 0.1) is 5.56 Å². The highest BCUT2D eigenvalue weighted by Gasteiger charge is 2.38. The highest BCUT2D eigenvalue weighted by atomic mass is 32.1. The van der Waals surface area contributed by atoms with Gasteiger partial charge in [-0.15, -0.1) is 11.3 Å². The van der Waals surface area contributed by atoms with Gasteiger partial charge in [0.25, 0.3) is 5.91 Å². The Kier molecular flexibility index (Phi) is 3.38. The molecule has 1 aromatic heterocycles. The van der Waals surface area contributed by atoms with Crippen LogP contribution in [0.5, 0.6) is 0 Å². The molecule has 2 amide bonds. The number of nitrogens with one attached hydrogen (secondary N) is 1. The van der Waals surface area contributed by atoms with Crippen LogP contribution in [0, 0.1) is 0 Å². The van der Waals surface area contributed by atoms with Crippen LogP contribution in [0.4, 0.5) is 0 Å². The summed E-state index contributed by atoms with van der Waals surface area (Å²) in [5, 5.41) is 4.80. The highest BCUT2D eigenvalue weighted by Crippen LogP contribution is 2.36. The van der Waals surface area contributed by atoms with Crippen LogP contribution in [-0.2, 0) is 11.3 Å². The van der Waals surface area contributed by atoms with E-state index in [2.05, 4.69) is 11.9 Å². The van der Waals surface area contributed by atoms with Gasteiger partial charge < -0.3 is 10.2 Å². The number of hydrogen-bond donors (Lipinski definition) is 1. The van der Waals surface area contributed by atoms with Crippen molar-refractivity contribution in [3.8, 4) is 0 Å². The molecular weight excluding hydrogens is 272 g/mol. The number of allylic oxidation sites excluding steroid dienone is 1. The predicted molar refractivity (Wildman–Crippen MR) is 79.5 cm³/mol. The van der Waals surface area contributed by atoms with Gasteiger partial charge in [-0.1, -0.05) is 6.58 Å². The average Bonchev–Trinajstić information content (AvgIpc) is 2.87. The topological polar surface area (TPSA) is 49.4 Å². The van der Waals surface area contributed by atoms with Crippen LogP contribution in [-0.4, -0.2) is 29.3 Å². The molecule has 1 fully saturated rings. The third-order valence-corrected chi connectivity index (χ3v) is 5.17. The number of carbonyl (C=O) groups is 2. The molecule has 0 unspecified atom stereocenters. The molecule has 20 heavy (non-hydrogen) atoms. The maximum atomic E-state index is 12.5. The van der Waals surface area contributed by atoms with Gasteiger partial charge in [-0.3, -0.25) is 9.59 Å². The summed E-state index contributed by atoms with van der Waals surface area (Å²) in [6.45, 7) is 7.18. The Labute approximate surface area is 122 Å². The van der Waals surface area contributed by atoms with Gasteiger partial charge in [-0.25, -0.2) is 0 Å². The normalized spacial score (nSPS) is 22.4. The zero-order valence-electron chi connectivity index (χ0n) is 11.6. The van der Waals surface area contributed by atoms with Crippen LogP contribution >= 0.6 is 11.3 Å². The molecule has 3 heterocycles. The molecule has 1 atom stereocenters. The summed E-state index contributed by atoms with van der Waals surface area (Å²) in [5.41, 5.74) is 2.78. The summed E-state index contributed by atoms with van der Waals surface area (Å²) in [5.74, 6) is -0.0210. The molecule has 106 valence electrons. The molecule has 2 aliphatic rings. The van der Waals surface area contributed by atoms with E-state index in [1.54, 1.807) is 16.2 Å². The van der Waals surface area contributed by atoms with Crippen LogP contribution in [0.2, 0.25) is 0 Å². The van der Waals surface area contributed by atoms with Crippen molar-refractivity contribution in [3.63, 3.8) is 0 Å². The number of amides is 2. The molecule has 0 saturated carbocycles. The number of fused-ring (bicyclic) bond motifs is 1. The predicted octanol–water partition coefficient (Wildman–Crippen LogP) is 2.41. The molecular formula is C15H18N2O2S. The number of hydrogen-bond acceptors (Lipinski definition) is 3. The first-order chi connectivity index (χ1) is 9.59. The van der Waals surface area contributed by atoms with E-state index in [9.17, 15) is 9.59 Å². The second-order valence-electron chi connectivity index (χ2n) is 5.47. The largest absolute Gasteiger partial charge is 0.354 e. The van der Waals surface area contributed by atoms with E-state index in [4.69, 9.17) is 0 Å². The van der Waals surface area contributed by atoms with Gasteiger partial charge in [0.15, 0.2) is 0 Å². The summed E-state index contributed by atoms with van der Waals surface area (Å²) < 4.78 is 0. The van der Waals surface area contributed by atoms with Crippen LogP contribution < -0.4 is 5.32 Å². The first-order valence-electron chi connectivity index (χ1n) is 6.94. The number of carbonyl (C=O) groups excluding carboxylic acids is 2. The van der Waals surface area contributed by atoms with Gasteiger partial charge >= 0.3 is 0 Å². The fourth-order valence-electron chi connectivity index (χ4n) is 2.95. The Morgan fingerprint density at radius 3 is 3.00 bits per heavy atom. The van der Waals surface area contributed by atoms with Gasteiger partial charge in [-0.05, 0) is 31.8 Å². The van der Waals surface area contributed by atoms with E-state index in [0.29, 0.717) is 6.54 Å². The summed E-state index contributed by atoms with van der Waals surface area (Å²) in [4.78, 5) is 27.4. The van der Waals surface area contributed by atoms with Crippen molar-refractivity contribution < 1.29 is 9.59 Å². The zero-order chi connectivity index (χ0) is 14.3. The SMILES string of the molecule is C=C(C)c1scc2c1CN([C@H]1CCCCNC1=O)C2=O. The third kappa shape index (κ3) is 2.06. The van der Waals surface area contributed by atoms with Crippen molar-refractivity contribution in [3.05, 3.63) is 28.0 Å². The summed E-state index contributed by atoms with van der Waals surface area (Å²) in [6.07, 6.45) is 2.73. The average molecular weight is 290 g/mol. The zero-order valence-corrected chi connectivity index (χ0v) is 12.4. The molecule has 1 saturated heterocycles. The number of thiophene rings is 1. The number of rotatable bonds is 2. The van der Waals surface area contributed by atoms with E-state index in [1.165, 1.54) is 0 Å². The Hall–Kier alpha value is -1.62. The Morgan fingerprint density at radius 1 is 1.45 bits per heavy atom. The number of nitrogens with zero attached hydrogens (tertiary/aromatic N) is 1. The fourth-order valence-corrected chi connectivity index (χ4v) is 3.94. The molecule has 0 aromatic carbocycles. The van der Waals surface area contributed by atoms with Gasteiger partial charge in [0.2, 0.25) is 5.91 Å². The van der Waals surface area contributed by atoms with Crippen LogP contribution in [0.25, 0.3) is 5.57 Å². The van der Waals surface area contributed by atoms with Crippen LogP contribution in [0.1, 0.15) is 47.0 Å². The van der Waals surface area contributed by atoms with E-state index >= 15 is 0 Å². The van der Waals surface area contributed by atoms with Crippen molar-refractivity contribution >= 4 is 28.7 Å². The monoisotopic (exact) mass is 290 g/mol. The van der Waals surface area contributed by atoms with Gasteiger partial charge in [-0.2, -0.15) is 0 Å². The van der Waals surface area contributed by atoms with Crippen molar-refractivity contribution in [2.45, 2.75) is 38.8 Å². The second-order valence-corrected chi connectivity index (χ2v) is 6.35. The minimum atomic E-state index is -0.319. The van der Waals surface area contributed by atoms with E-state index in [0.717, 1.165) is 47.4 Å². The molecule has 3 rings (SSSR count). The van der Waals surface area contributed by atoms with Crippen molar-refractivity contribution in [1.82, 2.24) is 10.2 Å². The smallest absolute Gasteiger partial charge is 0.256 e. The standard InChI is InChI=1S/C15H18N2O2S/c1-9(2)13-10-7-17(15(19)11(10)8-20-13)12-5-3-4-6-16-14(12)18/h8,12H,1,3-7H2,2H3,(H,16,18)/t12-/m0/s1. The van der Waals surface area contributed by atoms with Crippen molar-refractivity contribution in [2.75, 3.05) is 6.54 Å². The maximum absolute atomic E-state index is 12.5. The Balaban J connectivity index is 1.89. The lowest BCUT2D eigenvalue weighted by Crippen LogP contribution is -2.45. The summed E-state index contributed by atoms with van der Waals surface area (Å²) in [7, 11) is 0. The molecule has 0 aliphatic carbocycles. The second kappa shape index (κ2) is 5.05. The molecule has 0 bridgehead atoms. The molecule has 5 heteroatoms. The highest BCUT2D eigenvalue weighted by molar-refractivity contribution is 7.11. The van der Waals surface area contributed by atoms with Crippen LogP contribution in [0.3, 0.4) is 0 Å². The van der Waals surface area contributed by atoms with Crippen LogP contribution in [0.15, 0.2) is 12.0 Å². The minimum Gasteiger partial charge on any atom is -0.354 e. The lowest BCUT2D eigenvalue weighted by molar-refractivity contribution is -0.125. The first-order valence-corrected chi connectivity index (χ1v) is 7.82. The molecule has 0 spiro atoms. The minimum absolute atomic E-state index is 0.00852. The first kappa shape index (κ1) is 13.4. The van der Waals surface area contributed by atoms with Gasteiger partial charge in [0, 0.05) is 28.9 Å². The van der Waals surface area contributed by atoms with E-state index in [1.807, 2.05) is 12.3 Å². The fraction of sp³-hybridized carbons (Fsp3) is 0.467. The molecule has 4 nitrogen and oxygen atoms in total. The maximum Gasteiger partial charge on any atom is 0.256 e. The van der Waals surface area contributed by atoms with Crippen molar-refractivity contribution in [2.24, 2.45) is 0 Å². The molecule has 1 N–H and O–H groups in total. The van der Waals surface area contributed by atoms with Gasteiger partial charge in [0.1, 0.15) is 6.04 Å². The molecule has 1 aromatic rings. The van der Waals surface area contributed by atoms with E-state index in [-0.39, 0.29) is 17.9 Å². The molecule has 2 aliphatic heterocycles. The third-order valence-electron chi connectivity index (χ3n) is 3.98. The Bertz CT molecular complexity index is 591. The van der Waals surface area contributed by atoms with E-state index < -0.39 is 0 Å². The summed E-state index contributed by atoms with van der Waals surface area (Å²) in [6, 6.07) is -0.319.